The van der Waals surface area contributed by atoms with Crippen molar-refractivity contribution in [1.82, 2.24) is 0 Å². The van der Waals surface area contributed by atoms with Crippen molar-refractivity contribution in [2.45, 2.75) is 27.7 Å². The van der Waals surface area contributed by atoms with E-state index in [-0.39, 0.29) is 11.5 Å². The maximum Gasteiger partial charge on any atom is 0.411 e. The van der Waals surface area contributed by atoms with E-state index in [0.717, 1.165) is 22.3 Å². The lowest BCUT2D eigenvalue weighted by molar-refractivity contribution is 0.210. The zero-order chi connectivity index (χ0) is 18.8. The molecule has 0 aliphatic heterocycles. The Kier molecular flexibility index (Phi) is 5.45. The molecule has 132 valence electrons. The average molecular weight is 362 g/mol. The van der Waals surface area contributed by atoms with Crippen molar-refractivity contribution in [2.75, 3.05) is 0 Å². The van der Waals surface area contributed by atoms with E-state index in [1.54, 1.807) is 38.1 Å². The van der Waals surface area contributed by atoms with E-state index < -0.39 is 18.8 Å². The van der Waals surface area contributed by atoms with Gasteiger partial charge in [0.2, 0.25) is 0 Å². The van der Waals surface area contributed by atoms with Gasteiger partial charge in [-0.1, -0.05) is 12.1 Å². The molecule has 0 unspecified atom stereocenters. The molecule has 0 radical (unpaired) electrons. The van der Waals surface area contributed by atoms with E-state index in [9.17, 15) is 19.0 Å². The summed E-state index contributed by atoms with van der Waals surface area (Å²) in [6.07, 6.45) is 0. The first-order chi connectivity index (χ1) is 11.6. The second-order valence-electron chi connectivity index (χ2n) is 5.80. The number of rotatable bonds is 4. The van der Waals surface area contributed by atoms with Crippen LogP contribution in [0.3, 0.4) is 0 Å². The maximum absolute atomic E-state index is 12.1. The highest BCUT2D eigenvalue weighted by Crippen LogP contribution is 2.45. The predicted molar refractivity (Wildman–Crippen MR) is 93.7 cm³/mol. The molecule has 1 N–H and O–H groups in total. The molecule has 2 aromatic rings. The average Bonchev–Trinajstić information content (AvgIpc) is 2.54. The van der Waals surface area contributed by atoms with Crippen LogP contribution in [0.5, 0.6) is 11.5 Å². The van der Waals surface area contributed by atoms with Crippen molar-refractivity contribution in [3.63, 3.8) is 0 Å². The summed E-state index contributed by atoms with van der Waals surface area (Å²) in [6, 6.07) is 9.45. The van der Waals surface area contributed by atoms with E-state index in [4.69, 9.17) is 9.47 Å². The van der Waals surface area contributed by atoms with Gasteiger partial charge in [0.15, 0.2) is 0 Å². The van der Waals surface area contributed by atoms with Crippen LogP contribution < -0.4 is 9.47 Å². The van der Waals surface area contributed by atoms with E-state index in [0.29, 0.717) is 0 Å². The van der Waals surface area contributed by atoms with Crippen molar-refractivity contribution in [3.8, 4) is 11.5 Å². The van der Waals surface area contributed by atoms with Crippen molar-refractivity contribution in [2.24, 2.45) is 0 Å². The summed E-state index contributed by atoms with van der Waals surface area (Å²) >= 11 is 0. The first kappa shape index (κ1) is 18.9. The second-order valence-corrected chi connectivity index (χ2v) is 7.69. The van der Waals surface area contributed by atoms with Crippen LogP contribution in [-0.4, -0.2) is 16.3 Å². The molecular formula is C18H19O6P. The third kappa shape index (κ3) is 4.35. The molecule has 0 saturated heterocycles. The Morgan fingerprint density at radius 3 is 1.44 bits per heavy atom. The summed E-state index contributed by atoms with van der Waals surface area (Å²) in [4.78, 5) is 33.7. The van der Waals surface area contributed by atoms with Crippen LogP contribution in [-0.2, 0) is 4.57 Å². The van der Waals surface area contributed by atoms with E-state index in [1.807, 2.05) is 13.8 Å². The molecule has 0 aromatic heterocycles. The lowest BCUT2D eigenvalue weighted by Gasteiger charge is -2.12. The minimum atomic E-state index is -4.98. The topological polar surface area (TPSA) is 89.9 Å². The highest BCUT2D eigenvalue weighted by Gasteiger charge is 2.43. The van der Waals surface area contributed by atoms with Gasteiger partial charge in [-0.15, -0.1) is 0 Å². The molecule has 0 spiro atoms. The van der Waals surface area contributed by atoms with Crippen LogP contribution >= 0.6 is 7.37 Å². The zero-order valence-electron chi connectivity index (χ0n) is 14.4. The molecule has 6 nitrogen and oxygen atoms in total. The summed E-state index contributed by atoms with van der Waals surface area (Å²) in [5, 5.41) is 0. The summed E-state index contributed by atoms with van der Waals surface area (Å²) in [7, 11) is -4.98. The van der Waals surface area contributed by atoms with Crippen LogP contribution in [0.25, 0.3) is 0 Å². The molecule has 0 heterocycles. The highest BCUT2D eigenvalue weighted by molar-refractivity contribution is 7.89. The first-order valence-electron chi connectivity index (χ1n) is 7.53. The van der Waals surface area contributed by atoms with Gasteiger partial charge in [0, 0.05) is 0 Å². The second kappa shape index (κ2) is 7.21. The van der Waals surface area contributed by atoms with Crippen molar-refractivity contribution in [3.05, 3.63) is 58.7 Å². The Labute approximate surface area is 145 Å². The molecular weight excluding hydrogens is 343 g/mol. The number of hydrogen-bond acceptors (Lipinski definition) is 5. The van der Waals surface area contributed by atoms with E-state index in [1.165, 1.54) is 12.1 Å². The van der Waals surface area contributed by atoms with Crippen molar-refractivity contribution in [1.29, 1.82) is 0 Å². The molecule has 0 atom stereocenters. The highest BCUT2D eigenvalue weighted by atomic mass is 31.2. The largest absolute Gasteiger partial charge is 0.419 e. The molecule has 0 amide bonds. The lowest BCUT2D eigenvalue weighted by atomic mass is 10.1. The minimum Gasteiger partial charge on any atom is -0.419 e. The SMILES string of the molecule is Cc1ccc(OC(=O)P(=O)(O)C(=O)Oc2ccc(C)c(C)c2)cc1C. The van der Waals surface area contributed by atoms with Gasteiger partial charge in [-0.25, -0.2) is 9.59 Å². The van der Waals surface area contributed by atoms with Crippen molar-refractivity contribution >= 4 is 18.8 Å². The summed E-state index contributed by atoms with van der Waals surface area (Å²) in [5.74, 6) is 0.169. The van der Waals surface area contributed by atoms with Crippen LogP contribution in [0.15, 0.2) is 36.4 Å². The zero-order valence-corrected chi connectivity index (χ0v) is 15.3. The molecule has 7 heteroatoms. The molecule has 2 aromatic carbocycles. The van der Waals surface area contributed by atoms with Crippen LogP contribution in [0, 0.1) is 27.7 Å². The van der Waals surface area contributed by atoms with Crippen LogP contribution in [0.4, 0.5) is 9.59 Å². The Hall–Kier alpha value is -2.43. The number of carbonyl (C=O) groups is 2. The van der Waals surface area contributed by atoms with Crippen LogP contribution in [0.1, 0.15) is 22.3 Å². The van der Waals surface area contributed by atoms with E-state index in [2.05, 4.69) is 0 Å². The standard InChI is InChI=1S/C18H19O6P/c1-11-5-7-15(9-13(11)3)23-17(19)25(21,22)18(20)24-16-8-6-12(2)14(4)10-16/h5-10H,1-4H3,(H,21,22). The molecule has 0 bridgehead atoms. The smallest absolute Gasteiger partial charge is 0.411 e. The van der Waals surface area contributed by atoms with Gasteiger partial charge in [-0.2, -0.15) is 0 Å². The normalized spacial score (nSPS) is 11.1. The number of benzene rings is 2. The van der Waals surface area contributed by atoms with Crippen molar-refractivity contribution < 1.29 is 28.5 Å². The van der Waals surface area contributed by atoms with Crippen LogP contribution in [0.2, 0.25) is 0 Å². The summed E-state index contributed by atoms with van der Waals surface area (Å²) in [6.45, 7) is 7.36. The quantitative estimate of drug-likeness (QED) is 0.779. The Bertz CT molecular complexity index is 818. The minimum absolute atomic E-state index is 0.0846. The maximum atomic E-state index is 12.1. The fraction of sp³-hybridized carbons (Fsp3) is 0.222. The summed E-state index contributed by atoms with van der Waals surface area (Å²) in [5.41, 5.74) is 0.558. The van der Waals surface area contributed by atoms with Gasteiger partial charge in [0.25, 0.3) is 0 Å². The third-order valence-corrected chi connectivity index (χ3v) is 5.03. The molecule has 0 aliphatic rings. The number of aryl methyl sites for hydroxylation is 4. The number of ether oxygens (including phenoxy) is 2. The number of carbonyl (C=O) groups excluding carboxylic acids is 2. The Balaban J connectivity index is 2.13. The Morgan fingerprint density at radius 2 is 1.12 bits per heavy atom. The van der Waals surface area contributed by atoms with Gasteiger partial charge in [0.1, 0.15) is 11.5 Å². The van der Waals surface area contributed by atoms with Gasteiger partial charge < -0.3 is 14.4 Å². The number of hydrogen-bond donors (Lipinski definition) is 1. The lowest BCUT2D eigenvalue weighted by Crippen LogP contribution is -2.16. The Morgan fingerprint density at radius 1 is 0.760 bits per heavy atom. The molecule has 25 heavy (non-hydrogen) atoms. The summed E-state index contributed by atoms with van der Waals surface area (Å²) < 4.78 is 21.9. The van der Waals surface area contributed by atoms with E-state index >= 15 is 0 Å². The first-order valence-corrected chi connectivity index (χ1v) is 9.19. The third-order valence-electron chi connectivity index (χ3n) is 3.86. The van der Waals surface area contributed by atoms with Gasteiger partial charge in [0.05, 0.1) is 0 Å². The molecule has 0 saturated carbocycles. The van der Waals surface area contributed by atoms with Gasteiger partial charge in [-0.3, -0.25) is 4.57 Å². The van der Waals surface area contributed by atoms with Gasteiger partial charge in [-0.05, 0) is 74.2 Å². The fourth-order valence-corrected chi connectivity index (χ4v) is 2.56. The predicted octanol–water partition coefficient (Wildman–Crippen LogP) is 4.89. The monoisotopic (exact) mass is 362 g/mol. The fourth-order valence-electron chi connectivity index (χ4n) is 1.95. The molecule has 0 aliphatic carbocycles. The van der Waals surface area contributed by atoms with Gasteiger partial charge >= 0.3 is 18.8 Å². The molecule has 0 fully saturated rings. The molecule has 2 rings (SSSR count).